The standard InChI is InChI=1S/C20H22ClN3O4S/c1-14-4-10-18(11-5-14)29(27,28)24-12-2-3-17(24)13-22-19(25)20(26)23-16-8-6-15(21)7-9-16/h4-11,17H,2-3,12-13H2,1H3,(H,22,25)(H,23,26). The molecule has 0 radical (unpaired) electrons. The Balaban J connectivity index is 1.60. The summed E-state index contributed by atoms with van der Waals surface area (Å²) in [6.45, 7) is 2.34. The van der Waals surface area contributed by atoms with Gasteiger partial charge >= 0.3 is 11.8 Å². The maximum atomic E-state index is 12.9. The molecule has 1 fully saturated rings. The van der Waals surface area contributed by atoms with Crippen LogP contribution in [0.25, 0.3) is 0 Å². The van der Waals surface area contributed by atoms with Gasteiger partial charge in [0.15, 0.2) is 0 Å². The molecule has 3 rings (SSSR count). The molecule has 0 aromatic heterocycles. The maximum Gasteiger partial charge on any atom is 0.313 e. The maximum absolute atomic E-state index is 12.9. The first-order chi connectivity index (χ1) is 13.8. The number of amides is 2. The number of aryl methyl sites for hydroxylation is 1. The molecule has 0 aliphatic carbocycles. The van der Waals surface area contributed by atoms with Crippen LogP contribution in [-0.2, 0) is 19.6 Å². The quantitative estimate of drug-likeness (QED) is 0.705. The summed E-state index contributed by atoms with van der Waals surface area (Å²) in [5.41, 5.74) is 1.42. The first-order valence-electron chi connectivity index (χ1n) is 9.20. The number of hydrogen-bond donors (Lipinski definition) is 2. The summed E-state index contributed by atoms with van der Waals surface area (Å²) in [4.78, 5) is 24.4. The van der Waals surface area contributed by atoms with Gasteiger partial charge in [0.1, 0.15) is 0 Å². The van der Waals surface area contributed by atoms with Crippen LogP contribution in [0.1, 0.15) is 18.4 Å². The summed E-state index contributed by atoms with van der Waals surface area (Å²) in [5.74, 6) is -1.64. The van der Waals surface area contributed by atoms with Crippen molar-refractivity contribution in [1.29, 1.82) is 0 Å². The highest BCUT2D eigenvalue weighted by Gasteiger charge is 2.35. The van der Waals surface area contributed by atoms with Gasteiger partial charge in [0.05, 0.1) is 4.90 Å². The summed E-state index contributed by atoms with van der Waals surface area (Å²) < 4.78 is 27.3. The van der Waals surface area contributed by atoms with Crippen molar-refractivity contribution in [2.24, 2.45) is 0 Å². The lowest BCUT2D eigenvalue weighted by molar-refractivity contribution is -0.136. The molecule has 2 amide bonds. The summed E-state index contributed by atoms with van der Waals surface area (Å²) in [7, 11) is -3.66. The summed E-state index contributed by atoms with van der Waals surface area (Å²) in [6, 6.07) is 12.6. The number of carbonyl (C=O) groups is 2. The third kappa shape index (κ3) is 5.14. The number of benzene rings is 2. The predicted octanol–water partition coefficient (Wildman–Crippen LogP) is 2.56. The Hall–Kier alpha value is -2.42. The zero-order chi connectivity index (χ0) is 21.0. The highest BCUT2D eigenvalue weighted by molar-refractivity contribution is 7.89. The fraction of sp³-hybridized carbons (Fsp3) is 0.300. The van der Waals surface area contributed by atoms with Gasteiger partial charge in [-0.3, -0.25) is 9.59 Å². The molecule has 0 saturated carbocycles. The van der Waals surface area contributed by atoms with Crippen molar-refractivity contribution >= 4 is 39.1 Å². The van der Waals surface area contributed by atoms with E-state index in [1.54, 1.807) is 48.5 Å². The van der Waals surface area contributed by atoms with E-state index in [1.165, 1.54) is 4.31 Å². The van der Waals surface area contributed by atoms with E-state index in [0.717, 1.165) is 5.56 Å². The summed E-state index contributed by atoms with van der Waals surface area (Å²) in [6.07, 6.45) is 1.31. The van der Waals surface area contributed by atoms with Crippen LogP contribution in [0, 0.1) is 6.92 Å². The second kappa shape index (κ2) is 8.94. The van der Waals surface area contributed by atoms with E-state index in [4.69, 9.17) is 11.6 Å². The fourth-order valence-electron chi connectivity index (χ4n) is 3.19. The van der Waals surface area contributed by atoms with E-state index in [-0.39, 0.29) is 11.4 Å². The molecule has 1 heterocycles. The number of anilines is 1. The molecule has 154 valence electrons. The SMILES string of the molecule is Cc1ccc(S(=O)(=O)N2CCCC2CNC(=O)C(=O)Nc2ccc(Cl)cc2)cc1. The van der Waals surface area contributed by atoms with Gasteiger partial charge in [-0.2, -0.15) is 4.31 Å². The first kappa shape index (κ1) is 21.3. The van der Waals surface area contributed by atoms with E-state index in [0.29, 0.717) is 30.1 Å². The van der Waals surface area contributed by atoms with E-state index in [9.17, 15) is 18.0 Å². The van der Waals surface area contributed by atoms with E-state index < -0.39 is 27.9 Å². The Kier molecular flexibility index (Phi) is 6.56. The molecule has 9 heteroatoms. The van der Waals surface area contributed by atoms with Gasteiger partial charge in [-0.05, 0) is 56.2 Å². The Bertz CT molecular complexity index is 991. The van der Waals surface area contributed by atoms with Gasteiger partial charge in [0, 0.05) is 29.8 Å². The zero-order valence-corrected chi connectivity index (χ0v) is 17.5. The molecular formula is C20H22ClN3O4S. The number of rotatable bonds is 5. The molecule has 2 aromatic rings. The Morgan fingerprint density at radius 1 is 1.07 bits per heavy atom. The van der Waals surface area contributed by atoms with Crippen molar-refractivity contribution in [1.82, 2.24) is 9.62 Å². The van der Waals surface area contributed by atoms with Crippen molar-refractivity contribution in [3.63, 3.8) is 0 Å². The minimum atomic E-state index is -3.66. The number of nitrogens with zero attached hydrogens (tertiary/aromatic N) is 1. The lowest BCUT2D eigenvalue weighted by atomic mass is 10.2. The lowest BCUT2D eigenvalue weighted by Crippen LogP contribution is -2.45. The fourth-order valence-corrected chi connectivity index (χ4v) is 5.01. The van der Waals surface area contributed by atoms with Gasteiger partial charge in [-0.15, -0.1) is 0 Å². The van der Waals surface area contributed by atoms with Gasteiger partial charge in [0.25, 0.3) is 0 Å². The van der Waals surface area contributed by atoms with Crippen molar-refractivity contribution in [3.8, 4) is 0 Å². The molecule has 0 bridgehead atoms. The average Bonchev–Trinajstić information content (AvgIpc) is 3.17. The molecule has 1 unspecified atom stereocenters. The first-order valence-corrected chi connectivity index (χ1v) is 11.0. The highest BCUT2D eigenvalue weighted by Crippen LogP contribution is 2.26. The Morgan fingerprint density at radius 2 is 1.72 bits per heavy atom. The average molecular weight is 436 g/mol. The van der Waals surface area contributed by atoms with Crippen LogP contribution in [0.15, 0.2) is 53.4 Å². The second-order valence-electron chi connectivity index (χ2n) is 6.90. The molecule has 0 spiro atoms. The van der Waals surface area contributed by atoms with Crippen molar-refractivity contribution in [3.05, 3.63) is 59.1 Å². The van der Waals surface area contributed by atoms with Crippen LogP contribution < -0.4 is 10.6 Å². The van der Waals surface area contributed by atoms with Gasteiger partial charge < -0.3 is 10.6 Å². The molecule has 1 aliphatic rings. The van der Waals surface area contributed by atoms with Crippen LogP contribution in [0.2, 0.25) is 5.02 Å². The molecule has 2 N–H and O–H groups in total. The van der Waals surface area contributed by atoms with Crippen LogP contribution in [-0.4, -0.2) is 43.7 Å². The third-order valence-electron chi connectivity index (χ3n) is 4.76. The topological polar surface area (TPSA) is 95.6 Å². The van der Waals surface area contributed by atoms with Gasteiger partial charge in [-0.1, -0.05) is 29.3 Å². The highest BCUT2D eigenvalue weighted by atomic mass is 35.5. The number of hydrogen-bond acceptors (Lipinski definition) is 4. The summed E-state index contributed by atoms with van der Waals surface area (Å²) in [5, 5.41) is 5.53. The molecule has 29 heavy (non-hydrogen) atoms. The largest absolute Gasteiger partial charge is 0.346 e. The van der Waals surface area contributed by atoms with Crippen molar-refractivity contribution in [2.75, 3.05) is 18.4 Å². The normalized spacial score (nSPS) is 17.1. The van der Waals surface area contributed by atoms with Crippen molar-refractivity contribution < 1.29 is 18.0 Å². The summed E-state index contributed by atoms with van der Waals surface area (Å²) >= 11 is 5.79. The molecule has 1 saturated heterocycles. The number of halogens is 1. The minimum Gasteiger partial charge on any atom is -0.346 e. The third-order valence-corrected chi connectivity index (χ3v) is 6.98. The van der Waals surface area contributed by atoms with E-state index in [2.05, 4.69) is 10.6 Å². The van der Waals surface area contributed by atoms with Crippen LogP contribution >= 0.6 is 11.6 Å². The second-order valence-corrected chi connectivity index (χ2v) is 9.22. The lowest BCUT2D eigenvalue weighted by Gasteiger charge is -2.24. The molecule has 2 aromatic carbocycles. The van der Waals surface area contributed by atoms with E-state index >= 15 is 0 Å². The molecular weight excluding hydrogens is 414 g/mol. The van der Waals surface area contributed by atoms with Crippen LogP contribution in [0.5, 0.6) is 0 Å². The molecule has 1 aliphatic heterocycles. The number of sulfonamides is 1. The minimum absolute atomic E-state index is 0.0674. The smallest absolute Gasteiger partial charge is 0.313 e. The number of carbonyl (C=O) groups excluding carboxylic acids is 2. The Morgan fingerprint density at radius 3 is 2.38 bits per heavy atom. The van der Waals surface area contributed by atoms with Gasteiger partial charge in [0.2, 0.25) is 10.0 Å². The monoisotopic (exact) mass is 435 g/mol. The van der Waals surface area contributed by atoms with E-state index in [1.807, 2.05) is 6.92 Å². The Labute approximate surface area is 175 Å². The predicted molar refractivity (Wildman–Crippen MR) is 111 cm³/mol. The van der Waals surface area contributed by atoms with Crippen molar-refractivity contribution in [2.45, 2.75) is 30.7 Å². The number of nitrogens with one attached hydrogen (secondary N) is 2. The van der Waals surface area contributed by atoms with Crippen LogP contribution in [0.4, 0.5) is 5.69 Å². The zero-order valence-electron chi connectivity index (χ0n) is 15.9. The van der Waals surface area contributed by atoms with Gasteiger partial charge in [-0.25, -0.2) is 8.42 Å². The van der Waals surface area contributed by atoms with Crippen LogP contribution in [0.3, 0.4) is 0 Å². The molecule has 1 atom stereocenters. The molecule has 7 nitrogen and oxygen atoms in total.